The van der Waals surface area contributed by atoms with Gasteiger partial charge in [0.1, 0.15) is 5.78 Å². The minimum Gasteiger partial charge on any atom is -0.299 e. The van der Waals surface area contributed by atoms with Crippen molar-refractivity contribution in [1.29, 1.82) is 0 Å². The Hall–Kier alpha value is -0.330. The topological polar surface area (TPSA) is 17.1 Å². The van der Waals surface area contributed by atoms with E-state index in [0.717, 1.165) is 31.6 Å². The van der Waals surface area contributed by atoms with E-state index in [2.05, 4.69) is 27.7 Å². The first kappa shape index (κ1) is 15.7. The highest BCUT2D eigenvalue weighted by molar-refractivity contribution is 5.81. The number of Topliss-reactive ketones (excluding diaryl/α,β-unsaturated/α-hetero) is 1. The summed E-state index contributed by atoms with van der Waals surface area (Å²) in [6, 6.07) is 0. The first-order chi connectivity index (χ1) is 8.42. The minimum atomic E-state index is 0.300. The molecule has 0 aromatic carbocycles. The Kier molecular flexibility index (Phi) is 6.38. The number of carbonyl (C=O) groups excluding carboxylic acids is 1. The van der Waals surface area contributed by atoms with Gasteiger partial charge in [-0.3, -0.25) is 4.79 Å². The summed E-state index contributed by atoms with van der Waals surface area (Å²) in [5, 5.41) is 0. The third-order valence-electron chi connectivity index (χ3n) is 4.39. The lowest BCUT2D eigenvalue weighted by atomic mass is 9.76. The summed E-state index contributed by atoms with van der Waals surface area (Å²) in [6.45, 7) is 8.94. The quantitative estimate of drug-likeness (QED) is 0.620. The zero-order chi connectivity index (χ0) is 13.6. The van der Waals surface area contributed by atoms with Crippen LogP contribution in [0.3, 0.4) is 0 Å². The Morgan fingerprint density at radius 3 is 2.22 bits per heavy atom. The van der Waals surface area contributed by atoms with Gasteiger partial charge in [0, 0.05) is 12.3 Å². The summed E-state index contributed by atoms with van der Waals surface area (Å²) >= 11 is 0. The van der Waals surface area contributed by atoms with Gasteiger partial charge in [-0.15, -0.1) is 0 Å². The van der Waals surface area contributed by atoms with Crippen molar-refractivity contribution in [2.75, 3.05) is 0 Å². The molecular formula is C17H32O. The van der Waals surface area contributed by atoms with Crippen LogP contribution in [0, 0.1) is 17.3 Å². The van der Waals surface area contributed by atoms with Crippen LogP contribution in [0.15, 0.2) is 0 Å². The number of rotatable bonds is 6. The summed E-state index contributed by atoms with van der Waals surface area (Å²) in [5.41, 5.74) is 0.300. The molecule has 1 aliphatic rings. The highest BCUT2D eigenvalue weighted by atomic mass is 16.1. The number of ketones is 1. The molecule has 0 atom stereocenters. The van der Waals surface area contributed by atoms with Crippen molar-refractivity contribution in [2.45, 2.75) is 85.5 Å². The van der Waals surface area contributed by atoms with Gasteiger partial charge in [-0.05, 0) is 43.4 Å². The molecule has 0 bridgehead atoms. The SMILES string of the molecule is CCCCC1CCC(C(=O)CCC(C)(C)C)CC1. The van der Waals surface area contributed by atoms with E-state index in [1.165, 1.54) is 32.1 Å². The van der Waals surface area contributed by atoms with Crippen molar-refractivity contribution in [2.24, 2.45) is 17.3 Å². The fourth-order valence-electron chi connectivity index (χ4n) is 2.97. The van der Waals surface area contributed by atoms with Crippen LogP contribution in [0.2, 0.25) is 0 Å². The largest absolute Gasteiger partial charge is 0.299 e. The Bertz CT molecular complexity index is 241. The smallest absolute Gasteiger partial charge is 0.135 e. The van der Waals surface area contributed by atoms with Gasteiger partial charge in [0.2, 0.25) is 0 Å². The molecule has 0 radical (unpaired) electrons. The molecule has 0 aromatic rings. The van der Waals surface area contributed by atoms with E-state index in [-0.39, 0.29) is 0 Å². The van der Waals surface area contributed by atoms with Crippen molar-refractivity contribution in [3.05, 3.63) is 0 Å². The lowest BCUT2D eigenvalue weighted by Gasteiger charge is -2.28. The molecule has 0 spiro atoms. The maximum atomic E-state index is 12.2. The van der Waals surface area contributed by atoms with E-state index >= 15 is 0 Å². The van der Waals surface area contributed by atoms with E-state index in [1.54, 1.807) is 0 Å². The maximum Gasteiger partial charge on any atom is 0.135 e. The average molecular weight is 252 g/mol. The number of hydrogen-bond donors (Lipinski definition) is 0. The minimum absolute atomic E-state index is 0.300. The molecule has 0 heterocycles. The van der Waals surface area contributed by atoms with Crippen LogP contribution in [0.25, 0.3) is 0 Å². The Balaban J connectivity index is 2.23. The molecule has 106 valence electrons. The molecule has 0 aromatic heterocycles. The van der Waals surface area contributed by atoms with Crippen LogP contribution >= 0.6 is 0 Å². The highest BCUT2D eigenvalue weighted by Crippen LogP contribution is 2.33. The molecule has 0 saturated heterocycles. The Morgan fingerprint density at radius 2 is 1.72 bits per heavy atom. The van der Waals surface area contributed by atoms with Gasteiger partial charge in [0.05, 0.1) is 0 Å². The molecule has 1 nitrogen and oxygen atoms in total. The second-order valence-corrected chi connectivity index (χ2v) is 7.39. The van der Waals surface area contributed by atoms with Crippen LogP contribution in [-0.2, 0) is 4.79 Å². The third kappa shape index (κ3) is 6.02. The van der Waals surface area contributed by atoms with Crippen molar-refractivity contribution < 1.29 is 4.79 Å². The molecule has 0 aliphatic heterocycles. The van der Waals surface area contributed by atoms with Gasteiger partial charge >= 0.3 is 0 Å². The lowest BCUT2D eigenvalue weighted by Crippen LogP contribution is -2.23. The predicted molar refractivity (Wildman–Crippen MR) is 78.7 cm³/mol. The zero-order valence-corrected chi connectivity index (χ0v) is 12.9. The van der Waals surface area contributed by atoms with Gasteiger partial charge in [-0.1, -0.05) is 47.0 Å². The highest BCUT2D eigenvalue weighted by Gasteiger charge is 2.26. The first-order valence-electron chi connectivity index (χ1n) is 7.95. The molecule has 1 aliphatic carbocycles. The summed E-state index contributed by atoms with van der Waals surface area (Å²) in [4.78, 5) is 12.2. The average Bonchev–Trinajstić information content (AvgIpc) is 2.33. The van der Waals surface area contributed by atoms with Gasteiger partial charge in [-0.2, -0.15) is 0 Å². The van der Waals surface area contributed by atoms with Crippen LogP contribution < -0.4 is 0 Å². The third-order valence-corrected chi connectivity index (χ3v) is 4.39. The summed E-state index contributed by atoms with van der Waals surface area (Å²) in [6.07, 6.45) is 10.8. The predicted octanol–water partition coefficient (Wildman–Crippen LogP) is 5.38. The molecule has 0 amide bonds. The Morgan fingerprint density at radius 1 is 1.11 bits per heavy atom. The van der Waals surface area contributed by atoms with Gasteiger partial charge in [0.15, 0.2) is 0 Å². The molecule has 1 saturated carbocycles. The molecular weight excluding hydrogens is 220 g/mol. The standard InChI is InChI=1S/C17H32O/c1-5-6-7-14-8-10-15(11-9-14)16(18)12-13-17(2,3)4/h14-15H,5-13H2,1-4H3. The first-order valence-corrected chi connectivity index (χ1v) is 7.95. The number of carbonyl (C=O) groups is 1. The molecule has 0 N–H and O–H groups in total. The second-order valence-electron chi connectivity index (χ2n) is 7.39. The van der Waals surface area contributed by atoms with E-state index in [4.69, 9.17) is 0 Å². The van der Waals surface area contributed by atoms with Crippen molar-refractivity contribution in [3.63, 3.8) is 0 Å². The van der Waals surface area contributed by atoms with E-state index in [0.29, 0.717) is 17.1 Å². The normalized spacial score (nSPS) is 25.1. The second kappa shape index (κ2) is 7.31. The molecule has 1 fully saturated rings. The summed E-state index contributed by atoms with van der Waals surface area (Å²) < 4.78 is 0. The molecule has 0 unspecified atom stereocenters. The monoisotopic (exact) mass is 252 g/mol. The summed E-state index contributed by atoms with van der Waals surface area (Å²) in [5.74, 6) is 1.85. The molecule has 1 heteroatoms. The Labute approximate surface area is 114 Å². The van der Waals surface area contributed by atoms with Crippen LogP contribution in [0.5, 0.6) is 0 Å². The zero-order valence-electron chi connectivity index (χ0n) is 12.9. The fourth-order valence-corrected chi connectivity index (χ4v) is 2.97. The van der Waals surface area contributed by atoms with Crippen LogP contribution in [0.4, 0.5) is 0 Å². The van der Waals surface area contributed by atoms with Crippen molar-refractivity contribution in [3.8, 4) is 0 Å². The maximum absolute atomic E-state index is 12.2. The van der Waals surface area contributed by atoms with Gasteiger partial charge in [-0.25, -0.2) is 0 Å². The van der Waals surface area contributed by atoms with Crippen molar-refractivity contribution in [1.82, 2.24) is 0 Å². The van der Waals surface area contributed by atoms with Crippen LogP contribution in [-0.4, -0.2) is 5.78 Å². The van der Waals surface area contributed by atoms with E-state index < -0.39 is 0 Å². The lowest BCUT2D eigenvalue weighted by molar-refractivity contribution is -0.124. The molecule has 18 heavy (non-hydrogen) atoms. The number of unbranched alkanes of at least 4 members (excludes halogenated alkanes) is 1. The molecule has 1 rings (SSSR count). The van der Waals surface area contributed by atoms with Gasteiger partial charge < -0.3 is 0 Å². The van der Waals surface area contributed by atoms with Gasteiger partial charge in [0.25, 0.3) is 0 Å². The van der Waals surface area contributed by atoms with Crippen LogP contribution in [0.1, 0.15) is 85.5 Å². The fraction of sp³-hybridized carbons (Fsp3) is 0.941. The number of hydrogen-bond acceptors (Lipinski definition) is 1. The van der Waals surface area contributed by atoms with E-state index in [9.17, 15) is 4.79 Å². The van der Waals surface area contributed by atoms with Crippen molar-refractivity contribution >= 4 is 5.78 Å². The van der Waals surface area contributed by atoms with E-state index in [1.807, 2.05) is 0 Å². The summed E-state index contributed by atoms with van der Waals surface area (Å²) in [7, 11) is 0.